The van der Waals surface area contributed by atoms with E-state index in [-0.39, 0.29) is 6.03 Å². The minimum atomic E-state index is -0.888. The van der Waals surface area contributed by atoms with Crippen LogP contribution in [0.3, 0.4) is 0 Å². The molecule has 0 atom stereocenters. The molecule has 0 unspecified atom stereocenters. The molecule has 0 aliphatic carbocycles. The molecule has 190 valence electrons. The fourth-order valence-corrected chi connectivity index (χ4v) is 5.54. The summed E-state index contributed by atoms with van der Waals surface area (Å²) in [5.41, 5.74) is 6.30. The molecule has 2 amide bonds. The van der Waals surface area contributed by atoms with Gasteiger partial charge in [0.15, 0.2) is 0 Å². The van der Waals surface area contributed by atoms with E-state index in [4.69, 9.17) is 4.74 Å². The SMILES string of the molecule is Cc1cccc(C2(O)CCN(C(=O)N3CCOc4ccc(-c5ccc6nc(C)[nH]c6c5)cc4C3)CC2)c1. The summed E-state index contributed by atoms with van der Waals surface area (Å²) in [5.74, 6) is 1.72. The lowest BCUT2D eigenvalue weighted by molar-refractivity contribution is -0.0201. The van der Waals surface area contributed by atoms with Crippen molar-refractivity contribution in [3.05, 3.63) is 83.2 Å². The summed E-state index contributed by atoms with van der Waals surface area (Å²) in [4.78, 5) is 25.1. The van der Waals surface area contributed by atoms with Gasteiger partial charge in [0.1, 0.15) is 18.2 Å². The summed E-state index contributed by atoms with van der Waals surface area (Å²) in [7, 11) is 0. The van der Waals surface area contributed by atoms with Crippen molar-refractivity contribution in [2.75, 3.05) is 26.2 Å². The second kappa shape index (κ2) is 9.23. The van der Waals surface area contributed by atoms with Crippen molar-refractivity contribution in [3.8, 4) is 16.9 Å². The predicted molar refractivity (Wildman–Crippen MR) is 143 cm³/mol. The molecule has 6 rings (SSSR count). The van der Waals surface area contributed by atoms with E-state index in [1.807, 2.05) is 60.0 Å². The van der Waals surface area contributed by atoms with Crippen molar-refractivity contribution in [2.24, 2.45) is 0 Å². The largest absolute Gasteiger partial charge is 0.491 e. The molecule has 2 N–H and O–H groups in total. The van der Waals surface area contributed by atoms with Crippen LogP contribution < -0.4 is 4.74 Å². The van der Waals surface area contributed by atoms with E-state index in [1.54, 1.807) is 0 Å². The van der Waals surface area contributed by atoms with Gasteiger partial charge in [-0.05, 0) is 67.6 Å². The minimum absolute atomic E-state index is 0.00231. The van der Waals surface area contributed by atoms with E-state index >= 15 is 0 Å². The third-order valence-electron chi connectivity index (χ3n) is 7.66. The molecule has 0 saturated carbocycles. The highest BCUT2D eigenvalue weighted by atomic mass is 16.5. The van der Waals surface area contributed by atoms with Crippen LogP contribution in [0.25, 0.3) is 22.2 Å². The molecule has 4 aromatic rings. The lowest BCUT2D eigenvalue weighted by Gasteiger charge is -2.40. The third-order valence-corrected chi connectivity index (χ3v) is 7.66. The van der Waals surface area contributed by atoms with Gasteiger partial charge in [-0.2, -0.15) is 0 Å². The van der Waals surface area contributed by atoms with Gasteiger partial charge in [0.2, 0.25) is 0 Å². The van der Waals surface area contributed by atoms with Gasteiger partial charge in [-0.25, -0.2) is 9.78 Å². The number of hydrogen-bond acceptors (Lipinski definition) is 4. The number of imidazole rings is 1. The van der Waals surface area contributed by atoms with Crippen LogP contribution in [-0.4, -0.2) is 57.1 Å². The average Bonchev–Trinajstić information content (AvgIpc) is 3.14. The van der Waals surface area contributed by atoms with Gasteiger partial charge in [-0.3, -0.25) is 0 Å². The summed E-state index contributed by atoms with van der Waals surface area (Å²) in [6.07, 6.45) is 1.06. The lowest BCUT2D eigenvalue weighted by atomic mass is 9.84. The molecule has 3 aromatic carbocycles. The number of hydrogen-bond donors (Lipinski definition) is 2. The van der Waals surface area contributed by atoms with E-state index in [1.165, 1.54) is 0 Å². The molecular weight excluding hydrogens is 464 g/mol. The number of urea groups is 1. The van der Waals surface area contributed by atoms with Crippen molar-refractivity contribution >= 4 is 17.1 Å². The number of carbonyl (C=O) groups excluding carboxylic acids is 1. The minimum Gasteiger partial charge on any atom is -0.491 e. The van der Waals surface area contributed by atoms with Crippen LogP contribution in [-0.2, 0) is 12.1 Å². The van der Waals surface area contributed by atoms with Crippen LogP contribution in [0.5, 0.6) is 5.75 Å². The monoisotopic (exact) mass is 496 g/mol. The van der Waals surface area contributed by atoms with Crippen LogP contribution >= 0.6 is 0 Å². The molecule has 2 aliphatic heterocycles. The topological polar surface area (TPSA) is 81.7 Å². The Kier molecular flexibility index (Phi) is 5.88. The van der Waals surface area contributed by atoms with Crippen molar-refractivity contribution in [3.63, 3.8) is 0 Å². The Labute approximate surface area is 216 Å². The maximum Gasteiger partial charge on any atom is 0.320 e. The molecule has 7 heteroatoms. The summed E-state index contributed by atoms with van der Waals surface area (Å²) in [6.45, 7) is 6.52. The molecule has 7 nitrogen and oxygen atoms in total. The maximum absolute atomic E-state index is 13.5. The number of carbonyl (C=O) groups is 1. The van der Waals surface area contributed by atoms with Crippen LogP contribution in [0.1, 0.15) is 35.4 Å². The van der Waals surface area contributed by atoms with E-state index in [9.17, 15) is 9.90 Å². The van der Waals surface area contributed by atoms with Gasteiger partial charge in [0, 0.05) is 18.7 Å². The Morgan fingerprint density at radius 2 is 1.76 bits per heavy atom. The number of aryl methyl sites for hydroxylation is 2. The first-order valence-corrected chi connectivity index (χ1v) is 12.9. The Morgan fingerprint density at radius 3 is 2.57 bits per heavy atom. The number of amides is 2. The Hall–Kier alpha value is -3.84. The fraction of sp³-hybridized carbons (Fsp3) is 0.333. The predicted octanol–water partition coefficient (Wildman–Crippen LogP) is 5.14. The lowest BCUT2D eigenvalue weighted by Crippen LogP contribution is -2.50. The van der Waals surface area contributed by atoms with Gasteiger partial charge in [0.05, 0.1) is 29.7 Å². The Morgan fingerprint density at radius 1 is 0.973 bits per heavy atom. The van der Waals surface area contributed by atoms with Crippen LogP contribution in [0.15, 0.2) is 60.7 Å². The second-order valence-electron chi connectivity index (χ2n) is 10.3. The molecule has 2 aliphatic rings. The summed E-state index contributed by atoms with van der Waals surface area (Å²) >= 11 is 0. The number of H-pyrrole nitrogens is 1. The van der Waals surface area contributed by atoms with E-state index in [0.29, 0.717) is 45.6 Å². The standard InChI is InChI=1S/C30H32N4O3/c1-20-4-3-5-25(16-20)30(36)10-12-33(13-11-30)29(35)34-14-15-37-28-9-7-22(17-24(28)19-34)23-6-8-26-27(18-23)32-21(2)31-26/h3-9,16-18,36H,10-15,19H2,1-2H3,(H,31,32). The molecule has 0 spiro atoms. The average molecular weight is 497 g/mol. The molecular formula is C30H32N4O3. The first-order valence-electron chi connectivity index (χ1n) is 12.9. The molecule has 1 fully saturated rings. The van der Waals surface area contributed by atoms with E-state index in [0.717, 1.165) is 50.4 Å². The van der Waals surface area contributed by atoms with Crippen molar-refractivity contribution in [1.29, 1.82) is 0 Å². The number of piperidine rings is 1. The zero-order valence-corrected chi connectivity index (χ0v) is 21.3. The summed E-state index contributed by atoms with van der Waals surface area (Å²) in [6, 6.07) is 20.5. The number of nitrogens with one attached hydrogen (secondary N) is 1. The number of ether oxygens (including phenoxy) is 1. The van der Waals surface area contributed by atoms with Crippen molar-refractivity contribution in [1.82, 2.24) is 19.8 Å². The highest BCUT2D eigenvalue weighted by molar-refractivity contribution is 5.82. The quantitative estimate of drug-likeness (QED) is 0.402. The van der Waals surface area contributed by atoms with Crippen molar-refractivity contribution in [2.45, 2.75) is 38.8 Å². The first kappa shape index (κ1) is 23.6. The molecule has 1 aromatic heterocycles. The third kappa shape index (κ3) is 4.55. The number of fused-ring (bicyclic) bond motifs is 2. The van der Waals surface area contributed by atoms with E-state index in [2.05, 4.69) is 34.2 Å². The number of aliphatic hydroxyl groups is 1. The van der Waals surface area contributed by atoms with Crippen LogP contribution in [0, 0.1) is 13.8 Å². The molecule has 0 bridgehead atoms. The van der Waals surface area contributed by atoms with Crippen LogP contribution in [0.4, 0.5) is 4.79 Å². The first-order chi connectivity index (χ1) is 17.9. The Balaban J connectivity index is 1.18. The zero-order chi connectivity index (χ0) is 25.6. The summed E-state index contributed by atoms with van der Waals surface area (Å²) in [5, 5.41) is 11.3. The molecule has 3 heterocycles. The maximum atomic E-state index is 13.5. The van der Waals surface area contributed by atoms with Crippen molar-refractivity contribution < 1.29 is 14.6 Å². The molecule has 1 saturated heterocycles. The zero-order valence-electron chi connectivity index (χ0n) is 21.3. The van der Waals surface area contributed by atoms with Gasteiger partial charge < -0.3 is 24.6 Å². The summed E-state index contributed by atoms with van der Waals surface area (Å²) < 4.78 is 6.01. The second-order valence-corrected chi connectivity index (χ2v) is 10.3. The number of aromatic nitrogens is 2. The van der Waals surface area contributed by atoms with Gasteiger partial charge >= 0.3 is 6.03 Å². The number of aromatic amines is 1. The van der Waals surface area contributed by atoms with Crippen LogP contribution in [0.2, 0.25) is 0 Å². The smallest absolute Gasteiger partial charge is 0.320 e. The molecule has 37 heavy (non-hydrogen) atoms. The number of nitrogens with zero attached hydrogens (tertiary/aromatic N) is 3. The number of rotatable bonds is 2. The highest BCUT2D eigenvalue weighted by Gasteiger charge is 2.37. The Bertz CT molecular complexity index is 1470. The normalized spacial score (nSPS) is 17.3. The highest BCUT2D eigenvalue weighted by Crippen LogP contribution is 2.35. The van der Waals surface area contributed by atoms with Gasteiger partial charge in [-0.15, -0.1) is 0 Å². The molecule has 0 radical (unpaired) electrons. The van der Waals surface area contributed by atoms with Gasteiger partial charge in [0.25, 0.3) is 0 Å². The number of likely N-dealkylation sites (tertiary alicyclic amines) is 1. The fourth-order valence-electron chi connectivity index (χ4n) is 5.54. The van der Waals surface area contributed by atoms with E-state index < -0.39 is 5.60 Å². The van der Waals surface area contributed by atoms with Gasteiger partial charge in [-0.1, -0.05) is 42.0 Å². The number of benzene rings is 3.